The van der Waals surface area contributed by atoms with E-state index in [1.807, 2.05) is 38.1 Å². The summed E-state index contributed by atoms with van der Waals surface area (Å²) in [5.74, 6) is 0.793. The van der Waals surface area contributed by atoms with E-state index in [1.165, 1.54) is 0 Å². The molecule has 1 atom stereocenters. The zero-order chi connectivity index (χ0) is 13.7. The Bertz CT molecular complexity index is 420. The van der Waals surface area contributed by atoms with E-state index in [1.54, 1.807) is 0 Å². The van der Waals surface area contributed by atoms with Gasteiger partial charge in [-0.25, -0.2) is 0 Å². The van der Waals surface area contributed by atoms with Gasteiger partial charge in [-0.05, 0) is 45.2 Å². The second-order valence-corrected chi connectivity index (χ2v) is 5.28. The Balaban J connectivity index is 2.05. The van der Waals surface area contributed by atoms with E-state index in [2.05, 4.69) is 0 Å². The van der Waals surface area contributed by atoms with Crippen molar-refractivity contribution in [1.82, 2.24) is 0 Å². The SMILES string of the molecule is CC(C)Oc1ccccc1C(=O)CC1CCCCO1. The molecule has 0 N–H and O–H groups in total. The lowest BCUT2D eigenvalue weighted by atomic mass is 9.99. The molecule has 1 aliphatic heterocycles. The Labute approximate surface area is 114 Å². The molecule has 0 spiro atoms. The number of benzene rings is 1. The molecule has 0 aromatic heterocycles. The molecule has 0 aliphatic carbocycles. The van der Waals surface area contributed by atoms with Crippen LogP contribution in [0.3, 0.4) is 0 Å². The van der Waals surface area contributed by atoms with Crippen molar-refractivity contribution in [2.75, 3.05) is 6.61 Å². The van der Waals surface area contributed by atoms with Crippen LogP contribution in [-0.2, 0) is 4.74 Å². The number of carbonyl (C=O) groups excluding carboxylic acids is 1. The molecule has 1 aliphatic rings. The maximum Gasteiger partial charge on any atom is 0.169 e. The predicted octanol–water partition coefficient (Wildman–Crippen LogP) is 3.62. The van der Waals surface area contributed by atoms with Gasteiger partial charge in [-0.1, -0.05) is 12.1 Å². The highest BCUT2D eigenvalue weighted by molar-refractivity contribution is 5.98. The average molecular weight is 262 g/mol. The first kappa shape index (κ1) is 14.1. The van der Waals surface area contributed by atoms with Gasteiger partial charge in [-0.2, -0.15) is 0 Å². The van der Waals surface area contributed by atoms with Crippen LogP contribution in [0.15, 0.2) is 24.3 Å². The average Bonchev–Trinajstić information content (AvgIpc) is 2.39. The molecule has 2 rings (SSSR count). The van der Waals surface area contributed by atoms with Crippen molar-refractivity contribution in [3.63, 3.8) is 0 Å². The molecule has 1 aromatic carbocycles. The smallest absolute Gasteiger partial charge is 0.169 e. The van der Waals surface area contributed by atoms with E-state index in [0.29, 0.717) is 17.7 Å². The summed E-state index contributed by atoms with van der Waals surface area (Å²) in [6, 6.07) is 7.46. The maximum absolute atomic E-state index is 12.4. The van der Waals surface area contributed by atoms with Crippen LogP contribution in [-0.4, -0.2) is 24.6 Å². The number of carbonyl (C=O) groups is 1. The fraction of sp³-hybridized carbons (Fsp3) is 0.562. The van der Waals surface area contributed by atoms with Crippen molar-refractivity contribution in [2.45, 2.75) is 51.7 Å². The minimum absolute atomic E-state index is 0.0693. The largest absolute Gasteiger partial charge is 0.490 e. The highest BCUT2D eigenvalue weighted by Gasteiger charge is 2.20. The number of ketones is 1. The second kappa shape index (κ2) is 6.71. The van der Waals surface area contributed by atoms with Crippen LogP contribution < -0.4 is 4.74 Å². The third-order valence-corrected chi connectivity index (χ3v) is 3.24. The Morgan fingerprint density at radius 2 is 2.16 bits per heavy atom. The summed E-state index contributed by atoms with van der Waals surface area (Å²) in [5.41, 5.74) is 0.672. The summed E-state index contributed by atoms with van der Waals surface area (Å²) in [7, 11) is 0. The van der Waals surface area contributed by atoms with Crippen LogP contribution in [0, 0.1) is 0 Å². The van der Waals surface area contributed by atoms with Gasteiger partial charge in [0.1, 0.15) is 5.75 Å². The third kappa shape index (κ3) is 4.06. The molecule has 1 unspecified atom stereocenters. The van der Waals surface area contributed by atoms with Gasteiger partial charge in [0.05, 0.1) is 17.8 Å². The van der Waals surface area contributed by atoms with E-state index in [0.717, 1.165) is 25.9 Å². The Hall–Kier alpha value is -1.35. The lowest BCUT2D eigenvalue weighted by Crippen LogP contribution is -2.23. The molecule has 19 heavy (non-hydrogen) atoms. The van der Waals surface area contributed by atoms with Crippen LogP contribution >= 0.6 is 0 Å². The molecule has 1 fully saturated rings. The summed E-state index contributed by atoms with van der Waals surface area (Å²) in [5, 5.41) is 0. The minimum atomic E-state index is 0.0693. The zero-order valence-corrected chi connectivity index (χ0v) is 11.7. The summed E-state index contributed by atoms with van der Waals surface area (Å²) in [6.07, 6.45) is 3.85. The molecule has 0 saturated carbocycles. The molecule has 1 aromatic rings. The van der Waals surface area contributed by atoms with Crippen molar-refractivity contribution < 1.29 is 14.3 Å². The molecule has 0 bridgehead atoms. The third-order valence-electron chi connectivity index (χ3n) is 3.24. The van der Waals surface area contributed by atoms with Crippen LogP contribution in [0.1, 0.15) is 49.9 Å². The molecule has 0 radical (unpaired) electrons. The standard InChI is InChI=1S/C16H22O3/c1-12(2)19-16-9-4-3-8-14(16)15(17)11-13-7-5-6-10-18-13/h3-4,8-9,12-13H,5-7,10-11H2,1-2H3. The highest BCUT2D eigenvalue weighted by Crippen LogP contribution is 2.24. The van der Waals surface area contributed by atoms with Gasteiger partial charge in [0.15, 0.2) is 5.78 Å². The van der Waals surface area contributed by atoms with E-state index in [4.69, 9.17) is 9.47 Å². The topological polar surface area (TPSA) is 35.5 Å². The van der Waals surface area contributed by atoms with Gasteiger partial charge in [0, 0.05) is 13.0 Å². The van der Waals surface area contributed by atoms with Crippen molar-refractivity contribution in [2.24, 2.45) is 0 Å². The number of para-hydroxylation sites is 1. The van der Waals surface area contributed by atoms with Gasteiger partial charge in [0.25, 0.3) is 0 Å². The lowest BCUT2D eigenvalue weighted by Gasteiger charge is -2.22. The Morgan fingerprint density at radius 1 is 1.37 bits per heavy atom. The highest BCUT2D eigenvalue weighted by atomic mass is 16.5. The van der Waals surface area contributed by atoms with Crippen molar-refractivity contribution in [3.05, 3.63) is 29.8 Å². The van der Waals surface area contributed by atoms with Crippen molar-refractivity contribution in [3.8, 4) is 5.75 Å². The fourth-order valence-electron chi connectivity index (χ4n) is 2.34. The van der Waals surface area contributed by atoms with Gasteiger partial charge >= 0.3 is 0 Å². The predicted molar refractivity (Wildman–Crippen MR) is 74.7 cm³/mol. The van der Waals surface area contributed by atoms with Gasteiger partial charge in [-0.15, -0.1) is 0 Å². The number of rotatable bonds is 5. The van der Waals surface area contributed by atoms with E-state index < -0.39 is 0 Å². The summed E-state index contributed by atoms with van der Waals surface area (Å²) < 4.78 is 11.3. The monoisotopic (exact) mass is 262 g/mol. The molecule has 3 heteroatoms. The summed E-state index contributed by atoms with van der Waals surface area (Å²) in [4.78, 5) is 12.4. The Morgan fingerprint density at radius 3 is 2.84 bits per heavy atom. The molecule has 3 nitrogen and oxygen atoms in total. The molecular formula is C16H22O3. The molecular weight excluding hydrogens is 240 g/mol. The molecule has 1 saturated heterocycles. The Kier molecular flexibility index (Phi) is 4.97. The van der Waals surface area contributed by atoms with Crippen LogP contribution in [0.2, 0.25) is 0 Å². The number of hydrogen-bond acceptors (Lipinski definition) is 3. The first-order valence-electron chi connectivity index (χ1n) is 7.07. The van der Waals surface area contributed by atoms with E-state index in [9.17, 15) is 4.79 Å². The van der Waals surface area contributed by atoms with Gasteiger partial charge < -0.3 is 9.47 Å². The molecule has 104 valence electrons. The lowest BCUT2D eigenvalue weighted by molar-refractivity contribution is 0.0128. The van der Waals surface area contributed by atoms with Crippen LogP contribution in [0.4, 0.5) is 0 Å². The molecule has 0 amide bonds. The number of hydrogen-bond donors (Lipinski definition) is 0. The summed E-state index contributed by atoms with van der Waals surface area (Å²) in [6.45, 7) is 4.71. The van der Waals surface area contributed by atoms with E-state index >= 15 is 0 Å². The molecule has 1 heterocycles. The minimum Gasteiger partial charge on any atom is -0.490 e. The first-order chi connectivity index (χ1) is 9.16. The van der Waals surface area contributed by atoms with Crippen LogP contribution in [0.25, 0.3) is 0 Å². The number of ether oxygens (including phenoxy) is 2. The van der Waals surface area contributed by atoms with Crippen LogP contribution in [0.5, 0.6) is 5.75 Å². The summed E-state index contributed by atoms with van der Waals surface area (Å²) >= 11 is 0. The fourth-order valence-corrected chi connectivity index (χ4v) is 2.34. The van der Waals surface area contributed by atoms with Crippen molar-refractivity contribution in [1.29, 1.82) is 0 Å². The van der Waals surface area contributed by atoms with E-state index in [-0.39, 0.29) is 18.0 Å². The van der Waals surface area contributed by atoms with Crippen molar-refractivity contribution >= 4 is 5.78 Å². The van der Waals surface area contributed by atoms with Gasteiger partial charge in [0.2, 0.25) is 0 Å². The second-order valence-electron chi connectivity index (χ2n) is 5.28. The zero-order valence-electron chi connectivity index (χ0n) is 11.7. The first-order valence-corrected chi connectivity index (χ1v) is 7.07. The van der Waals surface area contributed by atoms with Gasteiger partial charge in [-0.3, -0.25) is 4.79 Å². The maximum atomic E-state index is 12.4. The normalized spacial score (nSPS) is 19.4. The number of Topliss-reactive ketones (excluding diaryl/α,β-unsaturated/α-hetero) is 1. The quantitative estimate of drug-likeness (QED) is 0.760.